The Kier molecular flexibility index (Phi) is 8.80. The van der Waals surface area contributed by atoms with Crippen molar-refractivity contribution < 1.29 is 14.4 Å². The van der Waals surface area contributed by atoms with Crippen molar-refractivity contribution >= 4 is 29.2 Å². The first-order chi connectivity index (χ1) is 15.1. The number of piperazine rings is 1. The first-order valence-electron chi connectivity index (χ1n) is 10.5. The Morgan fingerprint density at radius 2 is 2.03 bits per heavy atom. The lowest BCUT2D eigenvalue weighted by Crippen LogP contribution is -2.77. The molecule has 0 aromatic carbocycles. The second-order valence-electron chi connectivity index (χ2n) is 8.45. The summed E-state index contributed by atoms with van der Waals surface area (Å²) in [4.78, 5) is 42.5. The summed E-state index contributed by atoms with van der Waals surface area (Å²) < 4.78 is 0. The first-order valence-corrected chi connectivity index (χ1v) is 11.4. The van der Waals surface area contributed by atoms with Crippen LogP contribution in [-0.2, 0) is 16.0 Å². The van der Waals surface area contributed by atoms with Crippen LogP contribution in [0.25, 0.3) is 0 Å². The molecule has 3 heterocycles. The summed E-state index contributed by atoms with van der Waals surface area (Å²) in [5.74, 6) is -0.516. The van der Waals surface area contributed by atoms with Crippen molar-refractivity contribution in [3.8, 4) is 6.07 Å². The SMILES string of the molecule is C=C(C)C.CC(C)[C@H]1C(=O)N(CCc2cccs2)CC2N1C(=O)CN(CC#N)N2C(N)=O. The summed E-state index contributed by atoms with van der Waals surface area (Å²) in [5.41, 5.74) is 6.76. The summed E-state index contributed by atoms with van der Waals surface area (Å²) in [5, 5.41) is 13.7. The van der Waals surface area contributed by atoms with Crippen LogP contribution in [0.5, 0.6) is 0 Å². The smallest absolute Gasteiger partial charge is 0.331 e. The molecule has 2 fully saturated rings. The maximum atomic E-state index is 13.1. The number of hydrazine groups is 1. The molecule has 2 saturated heterocycles. The lowest BCUT2D eigenvalue weighted by molar-refractivity contribution is -0.191. The van der Waals surface area contributed by atoms with E-state index in [0.717, 1.165) is 4.88 Å². The highest BCUT2D eigenvalue weighted by Gasteiger charge is 2.51. The molecule has 10 heteroatoms. The highest BCUT2D eigenvalue weighted by atomic mass is 32.1. The van der Waals surface area contributed by atoms with Gasteiger partial charge in [0.05, 0.1) is 19.2 Å². The Hall–Kier alpha value is -2.90. The fourth-order valence-electron chi connectivity index (χ4n) is 3.89. The zero-order valence-corrected chi connectivity index (χ0v) is 20.0. The molecule has 0 spiro atoms. The minimum absolute atomic E-state index is 0.116. The molecule has 0 saturated carbocycles. The topological polar surface area (TPSA) is 114 Å². The molecular formula is C22H32N6O3S. The van der Waals surface area contributed by atoms with Crippen LogP contribution in [-0.4, -0.2) is 76.0 Å². The fraction of sp³-hybridized carbons (Fsp3) is 0.545. The number of carbonyl (C=O) groups is 3. The molecule has 1 unspecified atom stereocenters. The molecule has 0 aliphatic carbocycles. The van der Waals surface area contributed by atoms with Gasteiger partial charge in [0.15, 0.2) is 0 Å². The van der Waals surface area contributed by atoms with E-state index in [1.807, 2.05) is 51.3 Å². The van der Waals surface area contributed by atoms with E-state index in [9.17, 15) is 14.4 Å². The molecular weight excluding hydrogens is 428 g/mol. The first kappa shape index (κ1) is 25.4. The number of nitriles is 1. The van der Waals surface area contributed by atoms with Gasteiger partial charge in [0, 0.05) is 11.4 Å². The van der Waals surface area contributed by atoms with Gasteiger partial charge in [0.1, 0.15) is 18.8 Å². The van der Waals surface area contributed by atoms with E-state index in [4.69, 9.17) is 11.0 Å². The number of rotatable bonds is 5. The van der Waals surface area contributed by atoms with Crippen molar-refractivity contribution in [2.24, 2.45) is 11.7 Å². The third-order valence-corrected chi connectivity index (χ3v) is 6.02. The number of amides is 4. The van der Waals surface area contributed by atoms with Gasteiger partial charge in [-0.15, -0.1) is 17.9 Å². The molecule has 1 aromatic rings. The number of carbonyl (C=O) groups excluding carboxylic acids is 3. The average Bonchev–Trinajstić information content (AvgIpc) is 3.19. The Morgan fingerprint density at radius 3 is 2.53 bits per heavy atom. The Morgan fingerprint density at radius 1 is 1.38 bits per heavy atom. The molecule has 0 radical (unpaired) electrons. The molecule has 32 heavy (non-hydrogen) atoms. The number of urea groups is 1. The van der Waals surface area contributed by atoms with Crippen molar-refractivity contribution in [1.29, 1.82) is 5.26 Å². The molecule has 0 bridgehead atoms. The zero-order valence-electron chi connectivity index (χ0n) is 19.2. The summed E-state index contributed by atoms with van der Waals surface area (Å²) in [6.45, 7) is 11.6. The maximum absolute atomic E-state index is 13.1. The molecule has 4 amide bonds. The summed E-state index contributed by atoms with van der Waals surface area (Å²) >= 11 is 1.62. The van der Waals surface area contributed by atoms with Crippen LogP contribution >= 0.6 is 11.3 Å². The Bertz CT molecular complexity index is 875. The number of primary amides is 1. The van der Waals surface area contributed by atoms with Crippen molar-refractivity contribution in [1.82, 2.24) is 19.8 Å². The van der Waals surface area contributed by atoms with E-state index >= 15 is 0 Å². The summed E-state index contributed by atoms with van der Waals surface area (Å²) in [6, 6.07) is 4.53. The molecule has 2 aliphatic rings. The molecule has 1 aromatic heterocycles. The third kappa shape index (κ3) is 5.87. The van der Waals surface area contributed by atoms with E-state index in [0.29, 0.717) is 13.0 Å². The lowest BCUT2D eigenvalue weighted by Gasteiger charge is -2.55. The Balaban J connectivity index is 0.000000837. The minimum atomic E-state index is -0.743. The van der Waals surface area contributed by atoms with Crippen molar-refractivity contribution in [3.05, 3.63) is 34.5 Å². The van der Waals surface area contributed by atoms with Crippen molar-refractivity contribution in [2.75, 3.05) is 26.2 Å². The van der Waals surface area contributed by atoms with Crippen LogP contribution in [0.4, 0.5) is 4.79 Å². The highest BCUT2D eigenvalue weighted by molar-refractivity contribution is 7.09. The highest BCUT2D eigenvalue weighted by Crippen LogP contribution is 2.29. The van der Waals surface area contributed by atoms with Gasteiger partial charge in [0.25, 0.3) is 0 Å². The molecule has 2 aliphatic heterocycles. The predicted octanol–water partition coefficient (Wildman–Crippen LogP) is 2.03. The van der Waals surface area contributed by atoms with Gasteiger partial charge in [-0.3, -0.25) is 9.59 Å². The number of fused-ring (bicyclic) bond motifs is 1. The largest absolute Gasteiger partial charge is 0.350 e. The molecule has 2 atom stereocenters. The van der Waals surface area contributed by atoms with Gasteiger partial charge in [-0.25, -0.2) is 9.80 Å². The predicted molar refractivity (Wildman–Crippen MR) is 123 cm³/mol. The van der Waals surface area contributed by atoms with Gasteiger partial charge in [-0.2, -0.15) is 10.3 Å². The van der Waals surface area contributed by atoms with Gasteiger partial charge < -0.3 is 15.5 Å². The quantitative estimate of drug-likeness (QED) is 0.533. The number of nitrogens with two attached hydrogens (primary N) is 1. The van der Waals surface area contributed by atoms with Crippen LogP contribution in [0.1, 0.15) is 32.6 Å². The minimum Gasteiger partial charge on any atom is -0.350 e. The number of hydrogen-bond donors (Lipinski definition) is 1. The van der Waals surface area contributed by atoms with E-state index < -0.39 is 18.2 Å². The summed E-state index contributed by atoms with van der Waals surface area (Å²) in [7, 11) is 0. The van der Waals surface area contributed by atoms with Gasteiger partial charge in [0.2, 0.25) is 11.8 Å². The van der Waals surface area contributed by atoms with Gasteiger partial charge >= 0.3 is 6.03 Å². The number of nitrogens with zero attached hydrogens (tertiary/aromatic N) is 5. The average molecular weight is 461 g/mol. The van der Waals surface area contributed by atoms with Gasteiger partial charge in [-0.05, 0) is 37.6 Å². The normalized spacial score (nSPS) is 21.1. The maximum Gasteiger partial charge on any atom is 0.331 e. The fourth-order valence-corrected chi connectivity index (χ4v) is 4.59. The molecule has 174 valence electrons. The number of thiophene rings is 1. The lowest BCUT2D eigenvalue weighted by atomic mass is 9.96. The second kappa shape index (κ2) is 11.1. The zero-order chi connectivity index (χ0) is 24.0. The van der Waals surface area contributed by atoms with E-state index in [-0.39, 0.29) is 37.4 Å². The molecule has 3 rings (SSSR count). The Labute approximate surface area is 193 Å². The number of hydrogen-bond acceptors (Lipinski definition) is 6. The van der Waals surface area contributed by atoms with E-state index in [1.54, 1.807) is 16.2 Å². The van der Waals surface area contributed by atoms with E-state index in [2.05, 4.69) is 6.58 Å². The standard InChI is InChI=1S/C18H24N6O3S.C4H8/c1-12(2)16-17(26)21(7-5-13-4-3-9-28-13)10-14-23(16)15(25)11-22(8-6-19)24(14)18(20)27;1-4(2)3/h3-4,9,12,14,16H,5,7-8,10-11H2,1-2H3,(H2,20,27);1H2,2-3H3/t14?,16-;/m0./s1. The van der Waals surface area contributed by atoms with Crippen LogP contribution in [0.2, 0.25) is 0 Å². The summed E-state index contributed by atoms with van der Waals surface area (Å²) in [6.07, 6.45) is -0.00608. The van der Waals surface area contributed by atoms with Gasteiger partial charge in [-0.1, -0.05) is 25.5 Å². The van der Waals surface area contributed by atoms with Crippen molar-refractivity contribution in [2.45, 2.75) is 46.3 Å². The monoisotopic (exact) mass is 460 g/mol. The van der Waals surface area contributed by atoms with E-state index in [1.165, 1.54) is 20.5 Å². The van der Waals surface area contributed by atoms with Crippen LogP contribution in [0.3, 0.4) is 0 Å². The second-order valence-corrected chi connectivity index (χ2v) is 9.49. The van der Waals surface area contributed by atoms with Crippen LogP contribution in [0, 0.1) is 17.2 Å². The molecule has 2 N–H and O–H groups in total. The molecule has 9 nitrogen and oxygen atoms in total. The van der Waals surface area contributed by atoms with Crippen LogP contribution in [0.15, 0.2) is 29.7 Å². The van der Waals surface area contributed by atoms with Crippen molar-refractivity contribution in [3.63, 3.8) is 0 Å². The van der Waals surface area contributed by atoms with Crippen LogP contribution < -0.4 is 5.73 Å². The third-order valence-electron chi connectivity index (χ3n) is 5.08. The number of allylic oxidation sites excluding steroid dienone is 1.